The molecule has 1 N–H and O–H groups in total. The van der Waals surface area contributed by atoms with Crippen molar-refractivity contribution in [2.75, 3.05) is 24.3 Å². The molecule has 0 spiro atoms. The molecular formula is C24H26Cl2N6O. The van der Waals surface area contributed by atoms with Crippen LogP contribution in [0.3, 0.4) is 0 Å². The van der Waals surface area contributed by atoms with Crippen LogP contribution in [0.4, 0.5) is 22.4 Å². The number of rotatable bonds is 7. The zero-order chi connectivity index (χ0) is 23.7. The van der Waals surface area contributed by atoms with E-state index in [0.717, 1.165) is 22.8 Å². The Hall–Kier alpha value is -3.03. The van der Waals surface area contributed by atoms with Gasteiger partial charge in [-0.1, -0.05) is 41.9 Å². The number of benzene rings is 1. The molecule has 1 fully saturated rings. The number of nitrogens with zero attached hydrogens (tertiary/aromatic N) is 5. The Balaban J connectivity index is 1.53. The Kier molecular flexibility index (Phi) is 6.63. The molecule has 7 nitrogen and oxygen atoms in total. The Morgan fingerprint density at radius 3 is 2.64 bits per heavy atom. The van der Waals surface area contributed by atoms with Crippen LogP contribution in [0, 0.1) is 0 Å². The van der Waals surface area contributed by atoms with Crippen LogP contribution in [0.5, 0.6) is 0 Å². The first-order valence-electron chi connectivity index (χ1n) is 10.6. The van der Waals surface area contributed by atoms with Gasteiger partial charge in [0.15, 0.2) is 5.82 Å². The van der Waals surface area contributed by atoms with Gasteiger partial charge < -0.3 is 14.8 Å². The van der Waals surface area contributed by atoms with Crippen molar-refractivity contribution in [3.05, 3.63) is 70.0 Å². The summed E-state index contributed by atoms with van der Waals surface area (Å²) >= 11 is 12.1. The molecule has 2 amide bonds. The summed E-state index contributed by atoms with van der Waals surface area (Å²) in [6.07, 6.45) is 4.06. The van der Waals surface area contributed by atoms with Crippen LogP contribution >= 0.6 is 23.2 Å². The summed E-state index contributed by atoms with van der Waals surface area (Å²) in [5, 5.41) is 4.21. The van der Waals surface area contributed by atoms with E-state index in [4.69, 9.17) is 28.2 Å². The van der Waals surface area contributed by atoms with Crippen LogP contribution in [0.2, 0.25) is 10.0 Å². The number of hydrogen-bond acceptors (Lipinski definition) is 4. The lowest BCUT2D eigenvalue weighted by Crippen LogP contribution is -2.39. The van der Waals surface area contributed by atoms with Crippen molar-refractivity contribution in [2.24, 2.45) is 7.05 Å². The number of anilines is 3. The Bertz CT molecular complexity index is 1200. The second-order valence-corrected chi connectivity index (χ2v) is 9.01. The maximum Gasteiger partial charge on any atom is 0.325 e. The smallest absolute Gasteiger partial charge is 0.323 e. The predicted molar refractivity (Wildman–Crippen MR) is 135 cm³/mol. The molecular weight excluding hydrogens is 459 g/mol. The summed E-state index contributed by atoms with van der Waals surface area (Å²) in [7, 11) is 5.29. The van der Waals surface area contributed by atoms with E-state index in [0.29, 0.717) is 34.3 Å². The van der Waals surface area contributed by atoms with Crippen molar-refractivity contribution in [3.63, 3.8) is 0 Å². The number of aromatic nitrogens is 3. The van der Waals surface area contributed by atoms with Gasteiger partial charge in [-0.05, 0) is 48.7 Å². The molecule has 1 aromatic carbocycles. The van der Waals surface area contributed by atoms with Crippen LogP contribution in [0.15, 0.2) is 43.0 Å². The van der Waals surface area contributed by atoms with E-state index in [1.54, 1.807) is 37.2 Å². The summed E-state index contributed by atoms with van der Waals surface area (Å²) in [5.74, 6) is 2.36. The van der Waals surface area contributed by atoms with Gasteiger partial charge in [0.05, 0.1) is 15.7 Å². The second kappa shape index (κ2) is 9.45. The highest BCUT2D eigenvalue weighted by Gasteiger charge is 2.26. The fraction of sp³-hybridized carbons (Fsp3) is 0.292. The van der Waals surface area contributed by atoms with Gasteiger partial charge >= 0.3 is 6.03 Å². The third-order valence-corrected chi connectivity index (χ3v) is 6.39. The van der Waals surface area contributed by atoms with E-state index >= 15 is 0 Å². The number of halogens is 2. The van der Waals surface area contributed by atoms with Gasteiger partial charge in [0.1, 0.15) is 5.82 Å². The highest BCUT2D eigenvalue weighted by molar-refractivity contribution is 6.42. The average molecular weight is 485 g/mol. The molecule has 0 bridgehead atoms. The maximum absolute atomic E-state index is 13.1. The van der Waals surface area contributed by atoms with E-state index in [2.05, 4.69) is 22.9 Å². The number of carbonyl (C=O) groups is 1. The molecule has 3 aromatic rings. The number of amides is 2. The molecule has 33 heavy (non-hydrogen) atoms. The van der Waals surface area contributed by atoms with E-state index in [9.17, 15) is 4.79 Å². The van der Waals surface area contributed by atoms with E-state index < -0.39 is 0 Å². The average Bonchev–Trinajstić information content (AvgIpc) is 3.60. The normalized spacial score (nSPS) is 13.0. The molecule has 172 valence electrons. The Morgan fingerprint density at radius 2 is 1.97 bits per heavy atom. The first-order chi connectivity index (χ1) is 15.8. The quantitative estimate of drug-likeness (QED) is 0.441. The van der Waals surface area contributed by atoms with Gasteiger partial charge in [-0.15, -0.1) is 0 Å². The van der Waals surface area contributed by atoms with Crippen molar-refractivity contribution in [1.82, 2.24) is 19.4 Å². The van der Waals surface area contributed by atoms with Crippen molar-refractivity contribution < 1.29 is 4.79 Å². The summed E-state index contributed by atoms with van der Waals surface area (Å²) in [4.78, 5) is 25.6. The Morgan fingerprint density at radius 1 is 1.21 bits per heavy atom. The lowest BCUT2D eigenvalue weighted by Gasteiger charge is -2.24. The standard InChI is InChI=1S/C24H26Cl2N6O/c1-5-20-22(32(4)24(33)30(2)14-15-9-12-17(25)18(26)13-15)29-23(31(20)3)28-21-8-6-7-19(27-21)16-10-11-16/h5-9,12-13,16H,1,10-11,14H2,2-4H3,(H,27,28,29). The van der Waals surface area contributed by atoms with Gasteiger partial charge in [-0.3, -0.25) is 4.90 Å². The Labute approximate surface area is 203 Å². The largest absolute Gasteiger partial charge is 0.325 e. The molecule has 4 rings (SSSR count). The zero-order valence-corrected chi connectivity index (χ0v) is 20.4. The number of hydrogen-bond donors (Lipinski definition) is 1. The molecule has 0 radical (unpaired) electrons. The van der Waals surface area contributed by atoms with Gasteiger partial charge in [0.25, 0.3) is 0 Å². The molecule has 2 aromatic heterocycles. The summed E-state index contributed by atoms with van der Waals surface area (Å²) in [6.45, 7) is 4.28. The molecule has 2 heterocycles. The zero-order valence-electron chi connectivity index (χ0n) is 18.8. The molecule has 1 saturated carbocycles. The number of pyridine rings is 1. The van der Waals surface area contributed by atoms with Crippen LogP contribution < -0.4 is 10.2 Å². The topological polar surface area (TPSA) is 66.3 Å². The lowest BCUT2D eigenvalue weighted by molar-refractivity contribution is 0.215. The highest BCUT2D eigenvalue weighted by atomic mass is 35.5. The molecule has 1 aliphatic rings. The first kappa shape index (κ1) is 23.1. The number of nitrogens with one attached hydrogen (secondary N) is 1. The minimum atomic E-state index is -0.220. The SMILES string of the molecule is C=Cc1c(N(C)C(=O)N(C)Cc2ccc(Cl)c(Cl)c2)nc(Nc2cccc(C3CC3)n2)n1C. The number of carbonyl (C=O) groups excluding carboxylic acids is 1. The molecule has 0 atom stereocenters. The number of imidazole rings is 1. The lowest BCUT2D eigenvalue weighted by atomic mass is 10.2. The van der Waals surface area contributed by atoms with Crippen molar-refractivity contribution in [3.8, 4) is 0 Å². The van der Waals surface area contributed by atoms with Gasteiger partial charge in [0, 0.05) is 39.3 Å². The van der Waals surface area contributed by atoms with Crippen molar-refractivity contribution >= 4 is 52.9 Å². The molecule has 1 aliphatic carbocycles. The van der Waals surface area contributed by atoms with Crippen molar-refractivity contribution in [2.45, 2.75) is 25.3 Å². The minimum Gasteiger partial charge on any atom is -0.323 e. The third-order valence-electron chi connectivity index (χ3n) is 5.65. The van der Waals surface area contributed by atoms with Crippen LogP contribution in [0.25, 0.3) is 6.08 Å². The highest BCUT2D eigenvalue weighted by Crippen LogP contribution is 2.39. The summed E-state index contributed by atoms with van der Waals surface area (Å²) in [5.41, 5.74) is 2.69. The van der Waals surface area contributed by atoms with Crippen LogP contribution in [-0.4, -0.2) is 39.6 Å². The third kappa shape index (κ3) is 4.99. The fourth-order valence-corrected chi connectivity index (χ4v) is 3.97. The minimum absolute atomic E-state index is 0.220. The van der Waals surface area contributed by atoms with E-state index in [1.807, 2.05) is 29.8 Å². The monoisotopic (exact) mass is 484 g/mol. The summed E-state index contributed by atoms with van der Waals surface area (Å²) < 4.78 is 1.86. The van der Waals surface area contributed by atoms with Gasteiger partial charge in [0.2, 0.25) is 5.95 Å². The van der Waals surface area contributed by atoms with Crippen molar-refractivity contribution in [1.29, 1.82) is 0 Å². The molecule has 0 saturated heterocycles. The predicted octanol–water partition coefficient (Wildman–Crippen LogP) is 6.07. The second-order valence-electron chi connectivity index (χ2n) is 8.20. The van der Waals surface area contributed by atoms with E-state index in [1.165, 1.54) is 17.7 Å². The van der Waals surface area contributed by atoms with Crippen LogP contribution in [0.1, 0.15) is 35.7 Å². The number of urea groups is 1. The van der Waals surface area contributed by atoms with Crippen LogP contribution in [-0.2, 0) is 13.6 Å². The molecule has 0 aliphatic heterocycles. The molecule has 0 unspecified atom stereocenters. The fourth-order valence-electron chi connectivity index (χ4n) is 3.65. The van der Waals surface area contributed by atoms with Gasteiger partial charge in [-0.25, -0.2) is 9.78 Å². The maximum atomic E-state index is 13.1. The van der Waals surface area contributed by atoms with E-state index in [-0.39, 0.29) is 6.03 Å². The summed E-state index contributed by atoms with van der Waals surface area (Å²) in [6, 6.07) is 11.1. The van der Waals surface area contributed by atoms with Gasteiger partial charge in [-0.2, -0.15) is 4.98 Å². The first-order valence-corrected chi connectivity index (χ1v) is 11.4. The molecule has 9 heteroatoms.